The minimum Gasteiger partial charge on any atom is -0.478 e. The molecule has 28 heavy (non-hydrogen) atoms. The predicted octanol–water partition coefficient (Wildman–Crippen LogP) is 5.46. The molecule has 4 nitrogen and oxygen atoms in total. The van der Waals surface area contributed by atoms with E-state index in [4.69, 9.17) is 5.11 Å². The summed E-state index contributed by atoms with van der Waals surface area (Å²) in [5.74, 6) is -0.820. The monoisotopic (exact) mass is 404 g/mol. The average Bonchev–Trinajstić information content (AvgIpc) is 2.66. The number of aromatic nitrogens is 2. The van der Waals surface area contributed by atoms with Crippen LogP contribution in [-0.4, -0.2) is 21.0 Å². The van der Waals surface area contributed by atoms with Gasteiger partial charge in [0, 0.05) is 11.3 Å². The molecule has 0 bridgehead atoms. The first-order valence-electron chi connectivity index (χ1n) is 8.21. The maximum atomic E-state index is 13.3. The van der Waals surface area contributed by atoms with E-state index < -0.39 is 17.8 Å². The van der Waals surface area contributed by atoms with Gasteiger partial charge in [-0.3, -0.25) is 0 Å². The number of hydrogen-bond acceptors (Lipinski definition) is 4. The summed E-state index contributed by atoms with van der Waals surface area (Å²) < 4.78 is 39.8. The Morgan fingerprint density at radius 1 is 1.07 bits per heavy atom. The van der Waals surface area contributed by atoms with E-state index in [1.807, 2.05) is 6.92 Å². The Balaban J connectivity index is 1.91. The summed E-state index contributed by atoms with van der Waals surface area (Å²) >= 11 is 1.02. The molecule has 3 rings (SSSR count). The lowest BCUT2D eigenvalue weighted by atomic mass is 10.1. The molecule has 0 aliphatic carbocycles. The quantitative estimate of drug-likeness (QED) is 0.452. The number of nitrogens with zero attached hydrogens (tertiary/aromatic N) is 2. The van der Waals surface area contributed by atoms with E-state index in [9.17, 15) is 18.0 Å². The molecule has 0 amide bonds. The predicted molar refractivity (Wildman–Crippen MR) is 100 cm³/mol. The van der Waals surface area contributed by atoms with Crippen LogP contribution in [0.3, 0.4) is 0 Å². The first-order valence-corrected chi connectivity index (χ1v) is 9.19. The molecule has 3 aromatic rings. The van der Waals surface area contributed by atoms with Crippen molar-refractivity contribution in [3.63, 3.8) is 0 Å². The Morgan fingerprint density at radius 3 is 2.43 bits per heavy atom. The van der Waals surface area contributed by atoms with Gasteiger partial charge in [-0.2, -0.15) is 13.2 Å². The van der Waals surface area contributed by atoms with Crippen LogP contribution in [0.4, 0.5) is 13.2 Å². The number of benzene rings is 2. The topological polar surface area (TPSA) is 63.1 Å². The molecule has 0 atom stereocenters. The number of rotatable bonds is 5. The summed E-state index contributed by atoms with van der Waals surface area (Å²) in [6.45, 7) is 1.89. The van der Waals surface area contributed by atoms with Gasteiger partial charge in [0.25, 0.3) is 0 Å². The van der Waals surface area contributed by atoms with Crippen LogP contribution in [0.1, 0.15) is 27.2 Å². The van der Waals surface area contributed by atoms with Crippen molar-refractivity contribution in [1.29, 1.82) is 0 Å². The second-order valence-corrected chi connectivity index (χ2v) is 7.02. The van der Waals surface area contributed by atoms with Crippen LogP contribution in [0.2, 0.25) is 0 Å². The zero-order valence-electron chi connectivity index (χ0n) is 14.7. The van der Waals surface area contributed by atoms with Crippen molar-refractivity contribution in [1.82, 2.24) is 9.97 Å². The maximum absolute atomic E-state index is 13.3. The van der Waals surface area contributed by atoms with E-state index in [2.05, 4.69) is 9.97 Å². The first kappa shape index (κ1) is 19.9. The number of thioether (sulfide) groups is 1. The third-order valence-electron chi connectivity index (χ3n) is 3.89. The van der Waals surface area contributed by atoms with E-state index in [-0.39, 0.29) is 22.2 Å². The normalized spacial score (nSPS) is 11.4. The van der Waals surface area contributed by atoms with Crippen LogP contribution in [-0.2, 0) is 11.9 Å². The number of hydrogen-bond donors (Lipinski definition) is 1. The van der Waals surface area contributed by atoms with E-state index >= 15 is 0 Å². The molecule has 1 heterocycles. The SMILES string of the molecule is Cc1ccc(-c2cc(C(F)(F)F)nc(SCc3cccc(C(=O)O)c3)n2)cc1. The molecule has 0 saturated heterocycles. The average molecular weight is 404 g/mol. The van der Waals surface area contributed by atoms with Crippen LogP contribution in [0.15, 0.2) is 59.8 Å². The van der Waals surface area contributed by atoms with Crippen molar-refractivity contribution >= 4 is 17.7 Å². The highest BCUT2D eigenvalue weighted by Gasteiger charge is 2.33. The Labute approximate surface area is 163 Å². The Bertz CT molecular complexity index is 1010. The van der Waals surface area contributed by atoms with Crippen LogP contribution in [0, 0.1) is 6.92 Å². The highest BCUT2D eigenvalue weighted by molar-refractivity contribution is 7.98. The molecule has 0 aliphatic heterocycles. The molecule has 0 aliphatic rings. The Morgan fingerprint density at radius 2 is 1.79 bits per heavy atom. The molecular formula is C20H15F3N2O2S. The molecule has 1 aromatic heterocycles. The lowest BCUT2D eigenvalue weighted by Gasteiger charge is -2.11. The third kappa shape index (κ3) is 4.89. The molecule has 8 heteroatoms. The minimum atomic E-state index is -4.60. The van der Waals surface area contributed by atoms with Gasteiger partial charge < -0.3 is 5.11 Å². The van der Waals surface area contributed by atoms with Crippen molar-refractivity contribution in [2.24, 2.45) is 0 Å². The van der Waals surface area contributed by atoms with Crippen LogP contribution < -0.4 is 0 Å². The van der Waals surface area contributed by atoms with Gasteiger partial charge in [-0.1, -0.05) is 53.7 Å². The van der Waals surface area contributed by atoms with Gasteiger partial charge in [0.1, 0.15) is 5.69 Å². The van der Waals surface area contributed by atoms with E-state index in [1.54, 1.807) is 36.4 Å². The number of alkyl halides is 3. The largest absolute Gasteiger partial charge is 0.478 e. The molecular weight excluding hydrogens is 389 g/mol. The Hall–Kier alpha value is -2.87. The minimum absolute atomic E-state index is 0.0221. The number of halogens is 3. The van der Waals surface area contributed by atoms with Gasteiger partial charge in [-0.15, -0.1) is 0 Å². The van der Waals surface area contributed by atoms with Crippen molar-refractivity contribution in [2.75, 3.05) is 0 Å². The van der Waals surface area contributed by atoms with E-state index in [0.29, 0.717) is 11.1 Å². The fourth-order valence-corrected chi connectivity index (χ4v) is 3.25. The second-order valence-electron chi connectivity index (χ2n) is 6.08. The number of aromatic carboxylic acids is 1. The Kier molecular flexibility index (Phi) is 5.69. The second kappa shape index (κ2) is 8.02. The summed E-state index contributed by atoms with van der Waals surface area (Å²) in [5, 5.41) is 9.02. The molecule has 0 unspecified atom stereocenters. The highest BCUT2D eigenvalue weighted by atomic mass is 32.2. The lowest BCUT2D eigenvalue weighted by Crippen LogP contribution is -2.10. The van der Waals surface area contributed by atoms with Gasteiger partial charge in [0.15, 0.2) is 5.16 Å². The van der Waals surface area contributed by atoms with Crippen molar-refractivity contribution in [2.45, 2.75) is 24.0 Å². The number of carboxylic acid groups (broad SMARTS) is 1. The summed E-state index contributed by atoms with van der Waals surface area (Å²) in [6.07, 6.45) is -4.60. The summed E-state index contributed by atoms with van der Waals surface area (Å²) in [5.41, 5.74) is 1.49. The summed E-state index contributed by atoms with van der Waals surface area (Å²) in [7, 11) is 0. The zero-order valence-corrected chi connectivity index (χ0v) is 15.5. The van der Waals surface area contributed by atoms with Gasteiger partial charge in [-0.05, 0) is 30.7 Å². The van der Waals surface area contributed by atoms with Gasteiger partial charge in [0.2, 0.25) is 0 Å². The van der Waals surface area contributed by atoms with Crippen molar-refractivity contribution in [3.05, 3.63) is 77.0 Å². The number of carboxylic acids is 1. The molecule has 1 N–H and O–H groups in total. The van der Waals surface area contributed by atoms with Crippen molar-refractivity contribution in [3.8, 4) is 11.3 Å². The maximum Gasteiger partial charge on any atom is 0.433 e. The fourth-order valence-electron chi connectivity index (χ4n) is 2.45. The molecule has 144 valence electrons. The third-order valence-corrected chi connectivity index (χ3v) is 4.80. The number of carbonyl (C=O) groups is 1. The van der Waals surface area contributed by atoms with Crippen LogP contribution in [0.25, 0.3) is 11.3 Å². The van der Waals surface area contributed by atoms with Crippen LogP contribution in [0.5, 0.6) is 0 Å². The molecule has 0 radical (unpaired) electrons. The fraction of sp³-hybridized carbons (Fsp3) is 0.150. The smallest absolute Gasteiger partial charge is 0.433 e. The molecule has 2 aromatic carbocycles. The van der Waals surface area contributed by atoms with Crippen LogP contribution >= 0.6 is 11.8 Å². The summed E-state index contributed by atoms with van der Waals surface area (Å²) in [6, 6.07) is 14.2. The lowest BCUT2D eigenvalue weighted by molar-refractivity contribution is -0.141. The molecule has 0 fully saturated rings. The van der Waals surface area contributed by atoms with Gasteiger partial charge in [-0.25, -0.2) is 14.8 Å². The van der Waals surface area contributed by atoms with E-state index in [1.165, 1.54) is 12.1 Å². The number of aryl methyl sites for hydroxylation is 1. The molecule has 0 spiro atoms. The highest BCUT2D eigenvalue weighted by Crippen LogP contribution is 2.32. The first-order chi connectivity index (χ1) is 13.2. The zero-order chi connectivity index (χ0) is 20.3. The van der Waals surface area contributed by atoms with Gasteiger partial charge >= 0.3 is 12.1 Å². The van der Waals surface area contributed by atoms with E-state index in [0.717, 1.165) is 23.4 Å². The summed E-state index contributed by atoms with van der Waals surface area (Å²) in [4.78, 5) is 18.9. The standard InChI is InChI=1S/C20H15F3N2O2S/c1-12-5-7-14(8-6-12)16-10-17(20(21,22)23)25-19(24-16)28-11-13-3-2-4-15(9-13)18(26)27/h2-10H,11H2,1H3,(H,26,27). The molecule has 0 saturated carbocycles. The van der Waals surface area contributed by atoms with Gasteiger partial charge in [0.05, 0.1) is 11.3 Å². The van der Waals surface area contributed by atoms with Crippen molar-refractivity contribution < 1.29 is 23.1 Å².